The molecule has 0 unspecified atom stereocenters. The Labute approximate surface area is 162 Å². The third-order valence-electron chi connectivity index (χ3n) is 4.71. The van der Waals surface area contributed by atoms with Gasteiger partial charge in [-0.15, -0.1) is 10.2 Å². The summed E-state index contributed by atoms with van der Waals surface area (Å²) in [6.07, 6.45) is 3.86. The van der Waals surface area contributed by atoms with Gasteiger partial charge in [0.1, 0.15) is 17.2 Å². The van der Waals surface area contributed by atoms with Gasteiger partial charge in [-0.25, -0.2) is 8.78 Å². The van der Waals surface area contributed by atoms with Crippen LogP contribution in [0.1, 0.15) is 40.8 Å². The average Bonchev–Trinajstić information content (AvgIpc) is 3.30. The SMILES string of the molecule is O=C(NCc1nnc2cc(-c3nc(C4CC4)no3)ccn12)c1c(F)cccc1F. The molecule has 0 aliphatic heterocycles. The van der Waals surface area contributed by atoms with Crippen molar-refractivity contribution in [1.29, 1.82) is 0 Å². The van der Waals surface area contributed by atoms with E-state index in [0.717, 1.165) is 25.0 Å². The Hall–Kier alpha value is -3.69. The first kappa shape index (κ1) is 17.4. The van der Waals surface area contributed by atoms with Crippen LogP contribution < -0.4 is 5.32 Å². The zero-order chi connectivity index (χ0) is 20.0. The highest BCUT2D eigenvalue weighted by Crippen LogP contribution is 2.38. The van der Waals surface area contributed by atoms with Gasteiger partial charge in [-0.1, -0.05) is 11.2 Å². The highest BCUT2D eigenvalue weighted by atomic mass is 19.1. The first-order valence-corrected chi connectivity index (χ1v) is 9.00. The molecule has 1 saturated carbocycles. The molecule has 3 aromatic heterocycles. The van der Waals surface area contributed by atoms with Crippen molar-refractivity contribution in [3.8, 4) is 11.5 Å². The number of nitrogens with one attached hydrogen (secondary N) is 1. The molecule has 1 aromatic carbocycles. The van der Waals surface area contributed by atoms with E-state index >= 15 is 0 Å². The molecule has 4 aromatic rings. The number of hydrogen-bond acceptors (Lipinski definition) is 6. The second-order valence-corrected chi connectivity index (χ2v) is 6.77. The monoisotopic (exact) mass is 396 g/mol. The molecule has 5 rings (SSSR count). The number of benzene rings is 1. The number of pyridine rings is 1. The van der Waals surface area contributed by atoms with Crippen molar-refractivity contribution < 1.29 is 18.1 Å². The largest absolute Gasteiger partial charge is 0.345 e. The fourth-order valence-electron chi connectivity index (χ4n) is 3.02. The van der Waals surface area contributed by atoms with Crippen molar-refractivity contribution in [2.45, 2.75) is 25.3 Å². The van der Waals surface area contributed by atoms with Crippen LogP contribution in [0.2, 0.25) is 0 Å². The normalized spacial score (nSPS) is 13.7. The van der Waals surface area contributed by atoms with Crippen LogP contribution in [-0.2, 0) is 6.54 Å². The Morgan fingerprint density at radius 1 is 1.21 bits per heavy atom. The molecule has 0 atom stereocenters. The zero-order valence-corrected chi connectivity index (χ0v) is 15.0. The lowest BCUT2D eigenvalue weighted by atomic mass is 10.2. The minimum absolute atomic E-state index is 0.0560. The second-order valence-electron chi connectivity index (χ2n) is 6.77. The number of halogens is 2. The summed E-state index contributed by atoms with van der Waals surface area (Å²) in [6, 6.07) is 6.75. The number of hydrogen-bond donors (Lipinski definition) is 1. The number of carbonyl (C=O) groups is 1. The van der Waals surface area contributed by atoms with Gasteiger partial charge in [0.2, 0.25) is 0 Å². The highest BCUT2D eigenvalue weighted by molar-refractivity contribution is 5.94. The van der Waals surface area contributed by atoms with Crippen molar-refractivity contribution in [2.24, 2.45) is 0 Å². The fraction of sp³-hybridized carbons (Fsp3) is 0.211. The molecule has 0 spiro atoms. The van der Waals surface area contributed by atoms with Gasteiger partial charge in [-0.3, -0.25) is 9.20 Å². The van der Waals surface area contributed by atoms with E-state index in [1.807, 2.05) is 0 Å². The van der Waals surface area contributed by atoms with Crippen LogP contribution >= 0.6 is 0 Å². The van der Waals surface area contributed by atoms with Crippen molar-refractivity contribution in [2.75, 3.05) is 0 Å². The zero-order valence-electron chi connectivity index (χ0n) is 15.0. The number of carbonyl (C=O) groups excluding carboxylic acids is 1. The molecule has 8 nitrogen and oxygen atoms in total. The number of fused-ring (bicyclic) bond motifs is 1. The van der Waals surface area contributed by atoms with Gasteiger partial charge >= 0.3 is 0 Å². The van der Waals surface area contributed by atoms with Gasteiger partial charge in [0.05, 0.1) is 6.54 Å². The van der Waals surface area contributed by atoms with Crippen LogP contribution in [0.4, 0.5) is 8.78 Å². The van der Waals surface area contributed by atoms with E-state index in [9.17, 15) is 13.6 Å². The average molecular weight is 396 g/mol. The molecule has 1 aliphatic carbocycles. The molecule has 29 heavy (non-hydrogen) atoms. The summed E-state index contributed by atoms with van der Waals surface area (Å²) in [6.45, 7) is -0.0560. The first-order valence-electron chi connectivity index (χ1n) is 9.00. The molecule has 1 N–H and O–H groups in total. The minimum atomic E-state index is -0.927. The van der Waals surface area contributed by atoms with E-state index in [0.29, 0.717) is 34.7 Å². The Morgan fingerprint density at radius 2 is 2.00 bits per heavy atom. The Bertz CT molecular complexity index is 1210. The topological polar surface area (TPSA) is 98.2 Å². The van der Waals surface area contributed by atoms with Crippen LogP contribution in [0.15, 0.2) is 41.1 Å². The highest BCUT2D eigenvalue weighted by Gasteiger charge is 2.29. The quantitative estimate of drug-likeness (QED) is 0.557. The molecule has 1 fully saturated rings. The maximum absolute atomic E-state index is 13.7. The van der Waals surface area contributed by atoms with E-state index in [1.54, 1.807) is 22.7 Å². The Kier molecular flexibility index (Phi) is 4.04. The van der Waals surface area contributed by atoms with Gasteiger partial charge < -0.3 is 9.84 Å². The summed E-state index contributed by atoms with van der Waals surface area (Å²) in [5.74, 6) is -0.814. The molecular weight excluding hydrogens is 382 g/mol. The third-order valence-corrected chi connectivity index (χ3v) is 4.71. The number of nitrogens with zero attached hydrogens (tertiary/aromatic N) is 5. The van der Waals surface area contributed by atoms with E-state index in [1.165, 1.54) is 6.07 Å². The van der Waals surface area contributed by atoms with Crippen molar-refractivity contribution in [3.63, 3.8) is 0 Å². The predicted molar refractivity (Wildman–Crippen MR) is 95.8 cm³/mol. The lowest BCUT2D eigenvalue weighted by Crippen LogP contribution is -2.26. The van der Waals surface area contributed by atoms with E-state index < -0.39 is 23.1 Å². The van der Waals surface area contributed by atoms with Crippen LogP contribution in [0, 0.1) is 11.6 Å². The fourth-order valence-corrected chi connectivity index (χ4v) is 3.02. The number of aromatic nitrogens is 5. The molecular formula is C19H14F2N6O2. The summed E-state index contributed by atoms with van der Waals surface area (Å²) in [5, 5.41) is 14.6. The van der Waals surface area contributed by atoms with Gasteiger partial charge in [-0.2, -0.15) is 4.98 Å². The molecule has 0 saturated heterocycles. The Balaban J connectivity index is 1.35. The standard InChI is InChI=1S/C19H14F2N6O2/c20-12-2-1-3-13(21)16(12)18(28)22-9-15-25-24-14-8-11(6-7-27(14)15)19-23-17(26-29-19)10-4-5-10/h1-3,6-8,10H,4-5,9H2,(H,22,28). The first-order chi connectivity index (χ1) is 14.1. The van der Waals surface area contributed by atoms with Crippen molar-refractivity contribution >= 4 is 11.6 Å². The lowest BCUT2D eigenvalue weighted by molar-refractivity contribution is 0.0941. The summed E-state index contributed by atoms with van der Waals surface area (Å²) in [5.41, 5.74) is 0.578. The number of amides is 1. The predicted octanol–water partition coefficient (Wildman–Crippen LogP) is 2.86. The van der Waals surface area contributed by atoms with Crippen LogP contribution in [-0.4, -0.2) is 30.6 Å². The molecule has 0 radical (unpaired) electrons. The molecule has 10 heteroatoms. The Morgan fingerprint density at radius 3 is 2.76 bits per heavy atom. The molecule has 1 aliphatic rings. The van der Waals surface area contributed by atoms with Gasteiger partial charge in [-0.05, 0) is 37.1 Å². The van der Waals surface area contributed by atoms with E-state index in [4.69, 9.17) is 4.52 Å². The lowest BCUT2D eigenvalue weighted by Gasteiger charge is -2.06. The smallest absolute Gasteiger partial charge is 0.258 e. The maximum Gasteiger partial charge on any atom is 0.258 e. The second kappa shape index (κ2) is 6.73. The number of rotatable bonds is 5. The minimum Gasteiger partial charge on any atom is -0.345 e. The van der Waals surface area contributed by atoms with E-state index in [2.05, 4.69) is 25.7 Å². The summed E-state index contributed by atoms with van der Waals surface area (Å²) >= 11 is 0. The van der Waals surface area contributed by atoms with Crippen LogP contribution in [0.5, 0.6) is 0 Å². The van der Waals surface area contributed by atoms with Gasteiger partial charge in [0.25, 0.3) is 11.8 Å². The van der Waals surface area contributed by atoms with Gasteiger partial charge in [0, 0.05) is 17.7 Å². The third kappa shape index (κ3) is 3.22. The maximum atomic E-state index is 13.7. The molecule has 3 heterocycles. The van der Waals surface area contributed by atoms with E-state index in [-0.39, 0.29) is 6.54 Å². The molecule has 0 bridgehead atoms. The van der Waals surface area contributed by atoms with Gasteiger partial charge in [0.15, 0.2) is 17.3 Å². The van der Waals surface area contributed by atoms with Crippen molar-refractivity contribution in [1.82, 2.24) is 30.1 Å². The van der Waals surface area contributed by atoms with Crippen molar-refractivity contribution in [3.05, 3.63) is 65.4 Å². The summed E-state index contributed by atoms with van der Waals surface area (Å²) in [7, 11) is 0. The summed E-state index contributed by atoms with van der Waals surface area (Å²) < 4.78 is 34.4. The van der Waals surface area contributed by atoms with Crippen LogP contribution in [0.3, 0.4) is 0 Å². The molecule has 146 valence electrons. The molecule has 1 amide bonds. The van der Waals surface area contributed by atoms with Crippen LogP contribution in [0.25, 0.3) is 17.1 Å². The summed E-state index contributed by atoms with van der Waals surface area (Å²) in [4.78, 5) is 16.5.